The van der Waals surface area contributed by atoms with Crippen molar-refractivity contribution < 1.29 is 8.83 Å². The lowest BCUT2D eigenvalue weighted by Crippen LogP contribution is -2.55. The number of benzene rings is 7. The Hall–Kier alpha value is -6.59. The molecule has 0 saturated heterocycles. The van der Waals surface area contributed by atoms with Crippen LogP contribution in [0.25, 0.3) is 99.9 Å². The number of rotatable bonds is 3. The standard InChI is InChI=1S/C53H37N3O2/c1-2-10-35-31(9-1)19-22-38-36-21-20-32(28-43(36)53(48(35)38)33-24-29-23-30(26-33)27-34(53)25-29)50-54-51(41-14-8-18-46-47(41)40-12-4-6-17-45(40)57-46)56-52(55-50)42-15-7-13-39-37-11-3-5-16-44(37)58-49(39)42/h1-22,28-30,33-34H,23-27H2. The van der Waals surface area contributed by atoms with E-state index in [9.17, 15) is 0 Å². The van der Waals surface area contributed by atoms with Crippen molar-refractivity contribution in [3.63, 3.8) is 0 Å². The molecule has 58 heavy (non-hydrogen) atoms. The number of aromatic nitrogens is 3. The van der Waals surface area contributed by atoms with E-state index in [-0.39, 0.29) is 5.41 Å². The quantitative estimate of drug-likeness (QED) is 0.180. The monoisotopic (exact) mass is 747 g/mol. The summed E-state index contributed by atoms with van der Waals surface area (Å²) in [5, 5.41) is 6.94. The largest absolute Gasteiger partial charge is 0.456 e. The molecule has 4 bridgehead atoms. The van der Waals surface area contributed by atoms with Crippen LogP contribution in [-0.4, -0.2) is 15.0 Å². The first-order chi connectivity index (χ1) is 28.7. The molecule has 1 spiro atoms. The van der Waals surface area contributed by atoms with Crippen LogP contribution in [0.2, 0.25) is 0 Å². The van der Waals surface area contributed by atoms with Gasteiger partial charge in [-0.3, -0.25) is 0 Å². The van der Waals surface area contributed by atoms with E-state index >= 15 is 0 Å². The molecule has 0 amide bonds. The fraction of sp³-hybridized carbons (Fsp3) is 0.189. The molecule has 15 rings (SSSR count). The maximum absolute atomic E-state index is 6.59. The van der Waals surface area contributed by atoms with Gasteiger partial charge in [0.2, 0.25) is 0 Å². The molecule has 4 saturated carbocycles. The number of hydrogen-bond acceptors (Lipinski definition) is 5. The zero-order chi connectivity index (χ0) is 37.7. The summed E-state index contributed by atoms with van der Waals surface area (Å²) < 4.78 is 13.0. The van der Waals surface area contributed by atoms with Crippen LogP contribution < -0.4 is 0 Å². The van der Waals surface area contributed by atoms with Gasteiger partial charge in [-0.2, -0.15) is 0 Å². The van der Waals surface area contributed by atoms with Gasteiger partial charge in [0.05, 0.1) is 5.56 Å². The van der Waals surface area contributed by atoms with Gasteiger partial charge < -0.3 is 8.83 Å². The lowest BCUT2D eigenvalue weighted by atomic mass is 9.43. The number of nitrogens with zero attached hydrogens (tertiary/aromatic N) is 3. The molecule has 5 heteroatoms. The van der Waals surface area contributed by atoms with Gasteiger partial charge in [-0.25, -0.2) is 15.0 Å². The Morgan fingerprint density at radius 2 is 1.07 bits per heavy atom. The van der Waals surface area contributed by atoms with E-state index in [0.717, 1.165) is 72.4 Å². The van der Waals surface area contributed by atoms with Gasteiger partial charge in [0.15, 0.2) is 17.5 Å². The molecule has 0 aliphatic heterocycles. The first-order valence-corrected chi connectivity index (χ1v) is 20.9. The van der Waals surface area contributed by atoms with E-state index < -0.39 is 0 Å². The maximum atomic E-state index is 6.59. The molecule has 3 heterocycles. The Kier molecular flexibility index (Phi) is 6.13. The van der Waals surface area contributed by atoms with Crippen LogP contribution in [0.5, 0.6) is 0 Å². The third-order valence-electron chi connectivity index (χ3n) is 14.7. The molecule has 0 unspecified atom stereocenters. The number of para-hydroxylation sites is 3. The lowest BCUT2D eigenvalue weighted by Gasteiger charge is -2.61. The third-order valence-corrected chi connectivity index (χ3v) is 14.7. The molecule has 10 aromatic rings. The zero-order valence-corrected chi connectivity index (χ0v) is 31.8. The first-order valence-electron chi connectivity index (χ1n) is 20.9. The molecule has 7 aromatic carbocycles. The summed E-state index contributed by atoms with van der Waals surface area (Å²) in [6, 6.07) is 49.9. The van der Waals surface area contributed by atoms with Gasteiger partial charge in [0.1, 0.15) is 22.3 Å². The van der Waals surface area contributed by atoms with Gasteiger partial charge in [0.25, 0.3) is 0 Å². The number of fused-ring (bicyclic) bond motifs is 11. The van der Waals surface area contributed by atoms with Crippen molar-refractivity contribution in [1.82, 2.24) is 15.0 Å². The highest BCUT2D eigenvalue weighted by atomic mass is 16.3. The highest BCUT2D eigenvalue weighted by Crippen LogP contribution is 2.70. The fourth-order valence-electron chi connectivity index (χ4n) is 12.7. The van der Waals surface area contributed by atoms with E-state index in [1.54, 1.807) is 5.56 Å². The van der Waals surface area contributed by atoms with Crippen LogP contribution in [0, 0.1) is 23.7 Å². The fourth-order valence-corrected chi connectivity index (χ4v) is 12.7. The molecule has 4 fully saturated rings. The molecule has 276 valence electrons. The van der Waals surface area contributed by atoms with Crippen LogP contribution in [-0.2, 0) is 5.41 Å². The Morgan fingerprint density at radius 1 is 0.448 bits per heavy atom. The van der Waals surface area contributed by atoms with Crippen molar-refractivity contribution in [3.05, 3.63) is 151 Å². The van der Waals surface area contributed by atoms with Crippen LogP contribution in [0.1, 0.15) is 43.2 Å². The van der Waals surface area contributed by atoms with Gasteiger partial charge >= 0.3 is 0 Å². The molecule has 3 aromatic heterocycles. The smallest absolute Gasteiger partial charge is 0.167 e. The topological polar surface area (TPSA) is 65.0 Å². The van der Waals surface area contributed by atoms with E-state index in [1.165, 1.54) is 59.6 Å². The summed E-state index contributed by atoms with van der Waals surface area (Å²) in [6.07, 6.45) is 6.71. The molecular formula is C53H37N3O2. The lowest BCUT2D eigenvalue weighted by molar-refractivity contribution is -0.0393. The van der Waals surface area contributed by atoms with Gasteiger partial charge in [0, 0.05) is 38.1 Å². The highest BCUT2D eigenvalue weighted by Gasteiger charge is 2.62. The van der Waals surface area contributed by atoms with Gasteiger partial charge in [-0.1, -0.05) is 109 Å². The first kappa shape index (κ1) is 31.5. The van der Waals surface area contributed by atoms with Crippen molar-refractivity contribution in [2.75, 3.05) is 0 Å². The molecule has 0 N–H and O–H groups in total. The number of hydrogen-bond donors (Lipinski definition) is 0. The highest BCUT2D eigenvalue weighted by molar-refractivity contribution is 6.12. The Bertz CT molecular complexity index is 3360. The second-order valence-corrected chi connectivity index (χ2v) is 17.5. The van der Waals surface area contributed by atoms with Crippen LogP contribution in [0.3, 0.4) is 0 Å². The SMILES string of the molecule is c1ccc2c3c(ccc2c1)-c1ccc(-c2nc(-c4cccc5c4oc4ccccc45)nc(-c4cccc5oc6ccccc6c45)n2)cc1C31C2CC3CC(C2)CC1C3. The third kappa shape index (κ3) is 4.08. The maximum Gasteiger partial charge on any atom is 0.167 e. The normalized spacial score (nSPS) is 22.9. The van der Waals surface area contributed by atoms with E-state index in [4.69, 9.17) is 23.8 Å². The van der Waals surface area contributed by atoms with Crippen molar-refractivity contribution in [2.45, 2.75) is 37.5 Å². The Balaban J connectivity index is 1.04. The second-order valence-electron chi connectivity index (χ2n) is 17.5. The van der Waals surface area contributed by atoms with Crippen LogP contribution in [0.15, 0.2) is 148 Å². The molecule has 0 radical (unpaired) electrons. The molecule has 0 atom stereocenters. The zero-order valence-electron chi connectivity index (χ0n) is 31.8. The summed E-state index contributed by atoms with van der Waals surface area (Å²) in [4.78, 5) is 16.1. The summed E-state index contributed by atoms with van der Waals surface area (Å²) >= 11 is 0. The van der Waals surface area contributed by atoms with Crippen molar-refractivity contribution in [3.8, 4) is 45.3 Å². The summed E-state index contributed by atoms with van der Waals surface area (Å²) in [5.41, 5.74) is 11.9. The minimum absolute atomic E-state index is 0.0190. The van der Waals surface area contributed by atoms with Crippen molar-refractivity contribution >= 4 is 54.6 Å². The van der Waals surface area contributed by atoms with Crippen LogP contribution in [0.4, 0.5) is 0 Å². The summed E-state index contributed by atoms with van der Waals surface area (Å²) in [7, 11) is 0. The Labute approximate surface area is 334 Å². The van der Waals surface area contributed by atoms with E-state index in [0.29, 0.717) is 29.3 Å². The molecule has 5 aliphatic rings. The van der Waals surface area contributed by atoms with Crippen molar-refractivity contribution in [2.24, 2.45) is 23.7 Å². The molecular weight excluding hydrogens is 711 g/mol. The van der Waals surface area contributed by atoms with Gasteiger partial charge in [-0.15, -0.1) is 0 Å². The van der Waals surface area contributed by atoms with Crippen molar-refractivity contribution in [1.29, 1.82) is 0 Å². The van der Waals surface area contributed by atoms with E-state index in [2.05, 4.69) is 103 Å². The predicted molar refractivity (Wildman–Crippen MR) is 231 cm³/mol. The molecule has 5 nitrogen and oxygen atoms in total. The Morgan fingerprint density at radius 3 is 1.90 bits per heavy atom. The molecule has 5 aliphatic carbocycles. The van der Waals surface area contributed by atoms with Gasteiger partial charge in [-0.05, 0) is 119 Å². The van der Waals surface area contributed by atoms with Crippen LogP contribution >= 0.6 is 0 Å². The summed E-state index contributed by atoms with van der Waals surface area (Å²) in [5.74, 6) is 4.85. The second kappa shape index (κ2) is 11.3. The minimum Gasteiger partial charge on any atom is -0.456 e. The average molecular weight is 748 g/mol. The predicted octanol–water partition coefficient (Wildman–Crippen LogP) is 13.5. The average Bonchev–Trinajstić information content (AvgIpc) is 3.94. The summed E-state index contributed by atoms with van der Waals surface area (Å²) in [6.45, 7) is 0. The van der Waals surface area contributed by atoms with E-state index in [1.807, 2.05) is 36.4 Å². The minimum atomic E-state index is -0.0190. The number of furan rings is 2.